The van der Waals surface area contributed by atoms with Crippen LogP contribution < -0.4 is 0 Å². The van der Waals surface area contributed by atoms with Gasteiger partial charge in [-0.15, -0.1) is 5.10 Å². The Labute approximate surface area is 74.8 Å². The minimum absolute atomic E-state index is 0.967. The Hall–Kier alpha value is -1.90. The van der Waals surface area contributed by atoms with Gasteiger partial charge in [-0.3, -0.25) is 0 Å². The van der Waals surface area contributed by atoms with Gasteiger partial charge >= 0.3 is 0 Å². The molecule has 3 heteroatoms. The third kappa shape index (κ3) is 0.839. The van der Waals surface area contributed by atoms with Crippen molar-refractivity contribution in [3.63, 3.8) is 0 Å². The summed E-state index contributed by atoms with van der Waals surface area (Å²) in [6.07, 6.45) is 3.69. The molecule has 3 nitrogen and oxygen atoms in total. The highest BCUT2D eigenvalue weighted by atomic mass is 15.1. The van der Waals surface area contributed by atoms with E-state index in [0.29, 0.717) is 0 Å². The highest BCUT2D eigenvalue weighted by Gasteiger charge is 2.08. The average molecular weight is 169 g/mol. The van der Waals surface area contributed by atoms with Crippen molar-refractivity contribution in [3.05, 3.63) is 36.7 Å². The average Bonchev–Trinajstić information content (AvgIpc) is 2.65. The second-order valence-electron chi connectivity index (χ2n) is 2.98. The number of aromatic amines is 1. The monoisotopic (exact) mass is 169 g/mol. The number of rotatable bonds is 0. The van der Waals surface area contributed by atoms with Gasteiger partial charge in [0.2, 0.25) is 0 Å². The zero-order chi connectivity index (χ0) is 8.67. The largest absolute Gasteiger partial charge is 0.360 e. The smallest absolute Gasteiger partial charge is 0.105 e. The second kappa shape index (κ2) is 2.29. The summed E-state index contributed by atoms with van der Waals surface area (Å²) >= 11 is 0. The van der Waals surface area contributed by atoms with E-state index in [2.05, 4.69) is 15.2 Å². The molecule has 0 spiro atoms. The number of fused-ring (bicyclic) bond motifs is 3. The van der Waals surface area contributed by atoms with E-state index >= 15 is 0 Å². The van der Waals surface area contributed by atoms with Crippen LogP contribution in [0.15, 0.2) is 36.7 Å². The van der Waals surface area contributed by atoms with Crippen LogP contribution >= 0.6 is 0 Å². The van der Waals surface area contributed by atoms with Crippen molar-refractivity contribution in [1.82, 2.24) is 15.2 Å². The number of nitrogens with one attached hydrogen (secondary N) is 1. The summed E-state index contributed by atoms with van der Waals surface area (Å²) in [6.45, 7) is 0. The van der Waals surface area contributed by atoms with E-state index in [1.54, 1.807) is 6.20 Å². The van der Waals surface area contributed by atoms with Crippen molar-refractivity contribution in [1.29, 1.82) is 0 Å². The summed E-state index contributed by atoms with van der Waals surface area (Å²) in [5.74, 6) is 0. The van der Waals surface area contributed by atoms with Gasteiger partial charge in [0.25, 0.3) is 0 Å². The Morgan fingerprint density at radius 1 is 1.15 bits per heavy atom. The lowest BCUT2D eigenvalue weighted by molar-refractivity contribution is 1.11. The van der Waals surface area contributed by atoms with Gasteiger partial charge < -0.3 is 4.98 Å². The van der Waals surface area contributed by atoms with Gasteiger partial charge in [-0.2, -0.15) is 5.10 Å². The van der Waals surface area contributed by atoms with Crippen LogP contribution in [0.25, 0.3) is 22.2 Å². The number of nitrogens with zero attached hydrogens (tertiary/aromatic N) is 2. The molecule has 0 saturated heterocycles. The summed E-state index contributed by atoms with van der Waals surface area (Å²) < 4.78 is 0. The molecular formula is C10H7N3. The third-order valence-corrected chi connectivity index (χ3v) is 2.19. The fraction of sp³-hybridized carbons (Fsp3) is 0. The Kier molecular flexibility index (Phi) is 1.16. The second-order valence-corrected chi connectivity index (χ2v) is 2.98. The molecule has 1 aromatic carbocycles. The lowest BCUT2D eigenvalue weighted by atomic mass is 10.1. The molecule has 0 amide bonds. The summed E-state index contributed by atoms with van der Waals surface area (Å²) in [6, 6.07) is 8.08. The molecule has 1 aromatic rings. The molecular weight excluding hydrogens is 162 g/mol. The normalized spacial score (nSPS) is 11.1. The lowest BCUT2D eigenvalue weighted by Crippen LogP contribution is -1.84. The number of H-pyrrole nitrogens is 1. The van der Waals surface area contributed by atoms with E-state index in [1.165, 1.54) is 0 Å². The minimum atomic E-state index is 0.967. The molecule has 0 saturated carbocycles. The van der Waals surface area contributed by atoms with Crippen LogP contribution in [0.4, 0.5) is 0 Å². The minimum Gasteiger partial charge on any atom is -0.360 e. The highest BCUT2D eigenvalue weighted by molar-refractivity contribution is 5.92. The Bertz CT molecular complexity index is 527. The fourth-order valence-electron chi connectivity index (χ4n) is 1.55. The molecule has 2 heterocycles. The molecule has 3 rings (SSSR count). The standard InChI is InChI=1S/C10H7N3/c1-2-4-9-8(3-1)10-7(5-11-9)6-12-13-10/h1-6,11H. The van der Waals surface area contributed by atoms with E-state index in [9.17, 15) is 0 Å². The first kappa shape index (κ1) is 6.60. The molecule has 2 aliphatic rings. The molecule has 0 radical (unpaired) electrons. The number of hydrogen-bond donors (Lipinski definition) is 1. The SMILES string of the molecule is c1ccc2c3nncc-3c[nH]c2c1. The Balaban J connectivity index is 2.57. The molecule has 2 aliphatic heterocycles. The molecule has 0 unspecified atom stereocenters. The Morgan fingerprint density at radius 2 is 2.08 bits per heavy atom. The highest BCUT2D eigenvalue weighted by Crippen LogP contribution is 2.25. The van der Waals surface area contributed by atoms with Crippen LogP contribution in [0.2, 0.25) is 0 Å². The maximum absolute atomic E-state index is 4.08. The molecule has 0 aromatic heterocycles. The van der Waals surface area contributed by atoms with E-state index < -0.39 is 0 Å². The maximum atomic E-state index is 4.08. The van der Waals surface area contributed by atoms with E-state index in [1.807, 2.05) is 30.5 Å². The van der Waals surface area contributed by atoms with Gasteiger partial charge in [-0.25, -0.2) is 0 Å². The van der Waals surface area contributed by atoms with Crippen molar-refractivity contribution < 1.29 is 0 Å². The predicted molar refractivity (Wildman–Crippen MR) is 50.5 cm³/mol. The van der Waals surface area contributed by atoms with Gasteiger partial charge in [0.05, 0.1) is 6.20 Å². The van der Waals surface area contributed by atoms with Crippen LogP contribution in [0.3, 0.4) is 0 Å². The number of benzene rings is 1. The van der Waals surface area contributed by atoms with Crippen molar-refractivity contribution in [2.75, 3.05) is 0 Å². The van der Waals surface area contributed by atoms with Crippen LogP contribution in [0, 0.1) is 0 Å². The summed E-state index contributed by atoms with van der Waals surface area (Å²) in [5.41, 5.74) is 3.11. The van der Waals surface area contributed by atoms with E-state index in [0.717, 1.165) is 22.2 Å². The number of aromatic nitrogens is 3. The first-order valence-corrected chi connectivity index (χ1v) is 4.13. The predicted octanol–water partition coefficient (Wildman–Crippen LogP) is 2.06. The summed E-state index contributed by atoms with van der Waals surface area (Å²) in [7, 11) is 0. The molecule has 0 fully saturated rings. The van der Waals surface area contributed by atoms with Gasteiger partial charge in [0.15, 0.2) is 0 Å². The molecule has 0 atom stereocenters. The van der Waals surface area contributed by atoms with Gasteiger partial charge in [-0.1, -0.05) is 18.2 Å². The molecule has 0 bridgehead atoms. The molecule has 0 aliphatic carbocycles. The van der Waals surface area contributed by atoms with Crippen molar-refractivity contribution >= 4 is 10.9 Å². The van der Waals surface area contributed by atoms with E-state index in [-0.39, 0.29) is 0 Å². The van der Waals surface area contributed by atoms with E-state index in [4.69, 9.17) is 0 Å². The van der Waals surface area contributed by atoms with Gasteiger partial charge in [-0.05, 0) is 6.07 Å². The third-order valence-electron chi connectivity index (χ3n) is 2.19. The Morgan fingerprint density at radius 3 is 3.08 bits per heavy atom. The zero-order valence-electron chi connectivity index (χ0n) is 6.86. The first-order valence-electron chi connectivity index (χ1n) is 4.13. The number of para-hydroxylation sites is 1. The molecule has 13 heavy (non-hydrogen) atoms. The van der Waals surface area contributed by atoms with Crippen molar-refractivity contribution in [2.45, 2.75) is 0 Å². The summed E-state index contributed by atoms with van der Waals surface area (Å²) in [5, 5.41) is 9.08. The van der Waals surface area contributed by atoms with Crippen molar-refractivity contribution in [2.24, 2.45) is 0 Å². The van der Waals surface area contributed by atoms with Crippen molar-refractivity contribution in [3.8, 4) is 11.3 Å². The maximum Gasteiger partial charge on any atom is 0.105 e. The number of pyridine rings is 1. The topological polar surface area (TPSA) is 41.6 Å². The quantitative estimate of drug-likeness (QED) is 0.559. The van der Waals surface area contributed by atoms with Gasteiger partial charge in [0, 0.05) is 22.7 Å². The van der Waals surface area contributed by atoms with Gasteiger partial charge in [0.1, 0.15) is 5.69 Å². The zero-order valence-corrected chi connectivity index (χ0v) is 6.86. The first-order chi connectivity index (χ1) is 6.45. The fourth-order valence-corrected chi connectivity index (χ4v) is 1.55. The van der Waals surface area contributed by atoms with Crippen LogP contribution in [0.1, 0.15) is 0 Å². The van der Waals surface area contributed by atoms with Crippen LogP contribution in [-0.4, -0.2) is 15.2 Å². The molecule has 1 N–H and O–H groups in total. The van der Waals surface area contributed by atoms with Crippen LogP contribution in [0.5, 0.6) is 0 Å². The number of hydrogen-bond acceptors (Lipinski definition) is 2. The summed E-state index contributed by atoms with van der Waals surface area (Å²) in [4.78, 5) is 3.20. The lowest BCUT2D eigenvalue weighted by Gasteiger charge is -2.01. The molecule has 62 valence electrons. The van der Waals surface area contributed by atoms with Crippen LogP contribution in [-0.2, 0) is 0 Å².